The number of anilines is 1. The highest BCUT2D eigenvalue weighted by Crippen LogP contribution is 2.27. The molecule has 0 spiro atoms. The van der Waals surface area contributed by atoms with Crippen molar-refractivity contribution in [2.45, 2.75) is 25.3 Å². The monoisotopic (exact) mass is 556 g/mol. The van der Waals surface area contributed by atoms with Crippen molar-refractivity contribution in [3.8, 4) is 5.95 Å². The van der Waals surface area contributed by atoms with Crippen molar-refractivity contribution in [1.29, 1.82) is 0 Å². The van der Waals surface area contributed by atoms with Gasteiger partial charge in [0.1, 0.15) is 6.33 Å². The van der Waals surface area contributed by atoms with E-state index in [2.05, 4.69) is 30.9 Å². The van der Waals surface area contributed by atoms with E-state index < -0.39 is 5.91 Å². The van der Waals surface area contributed by atoms with Crippen molar-refractivity contribution in [3.63, 3.8) is 0 Å². The maximum Gasteiger partial charge on any atom is 0.254 e. The van der Waals surface area contributed by atoms with Crippen molar-refractivity contribution < 1.29 is 19.1 Å². The van der Waals surface area contributed by atoms with Gasteiger partial charge in [0.25, 0.3) is 11.8 Å². The molecule has 0 unspecified atom stereocenters. The highest BCUT2D eigenvalue weighted by atomic mass is 16.5. The summed E-state index contributed by atoms with van der Waals surface area (Å²) < 4.78 is 8.72. The van der Waals surface area contributed by atoms with Crippen LogP contribution >= 0.6 is 0 Å². The van der Waals surface area contributed by atoms with Gasteiger partial charge in [-0.1, -0.05) is 0 Å². The summed E-state index contributed by atoms with van der Waals surface area (Å²) in [6.07, 6.45) is 6.94. The number of nitrogens with one attached hydrogen (secondary N) is 3. The van der Waals surface area contributed by atoms with E-state index in [1.54, 1.807) is 39.8 Å². The van der Waals surface area contributed by atoms with Crippen LogP contribution in [0.3, 0.4) is 0 Å². The maximum absolute atomic E-state index is 12.8. The third-order valence-corrected chi connectivity index (χ3v) is 7.36. The second kappa shape index (κ2) is 10.4. The Bertz CT molecular complexity index is 1710. The molecule has 14 heteroatoms. The van der Waals surface area contributed by atoms with E-state index in [9.17, 15) is 14.4 Å². The van der Waals surface area contributed by atoms with E-state index in [-0.39, 0.29) is 18.2 Å². The van der Waals surface area contributed by atoms with E-state index in [1.807, 2.05) is 6.07 Å². The topological polar surface area (TPSA) is 161 Å². The molecule has 14 nitrogen and oxygen atoms in total. The predicted molar refractivity (Wildman–Crippen MR) is 147 cm³/mol. The molecule has 2 aliphatic heterocycles. The molecular formula is C27H28N10O4. The molecule has 3 fully saturated rings. The van der Waals surface area contributed by atoms with Gasteiger partial charge < -0.3 is 15.4 Å². The average Bonchev–Trinajstić information content (AvgIpc) is 3.39. The van der Waals surface area contributed by atoms with Gasteiger partial charge in [-0.05, 0) is 37.1 Å². The number of hydrogen-bond acceptors (Lipinski definition) is 10. The van der Waals surface area contributed by atoms with Crippen molar-refractivity contribution in [1.82, 2.24) is 44.7 Å². The first-order chi connectivity index (χ1) is 20.0. The molecule has 1 aliphatic carbocycles. The molecule has 3 amide bonds. The Morgan fingerprint density at radius 3 is 2.80 bits per heavy atom. The molecule has 1 saturated carbocycles. The van der Waals surface area contributed by atoms with Crippen LogP contribution in [0.15, 0.2) is 36.3 Å². The number of hydrogen-bond donors (Lipinski definition) is 3. The van der Waals surface area contributed by atoms with E-state index in [0.717, 1.165) is 51.2 Å². The van der Waals surface area contributed by atoms with Gasteiger partial charge >= 0.3 is 0 Å². The second-order valence-corrected chi connectivity index (χ2v) is 10.4. The van der Waals surface area contributed by atoms with Crippen LogP contribution in [0.25, 0.3) is 28.7 Å². The predicted octanol–water partition coefficient (Wildman–Crippen LogP) is 0.529. The first kappa shape index (κ1) is 25.3. The third-order valence-electron chi connectivity index (χ3n) is 7.36. The fourth-order valence-corrected chi connectivity index (χ4v) is 4.97. The van der Waals surface area contributed by atoms with E-state index in [4.69, 9.17) is 14.7 Å². The van der Waals surface area contributed by atoms with E-state index in [1.165, 1.54) is 0 Å². The summed E-state index contributed by atoms with van der Waals surface area (Å²) in [4.78, 5) is 52.9. The summed E-state index contributed by atoms with van der Waals surface area (Å²) in [5, 5.41) is 13.1. The lowest BCUT2D eigenvalue weighted by molar-refractivity contribution is -0.124. The molecular weight excluding hydrogens is 528 g/mol. The van der Waals surface area contributed by atoms with Crippen LogP contribution in [0, 0.1) is 0 Å². The fraction of sp³-hybridized carbons (Fsp3) is 0.370. The summed E-state index contributed by atoms with van der Waals surface area (Å²) in [5.74, 6) is -0.0319. The van der Waals surface area contributed by atoms with Gasteiger partial charge in [0.2, 0.25) is 17.8 Å². The SMILES string of the molecule is O=C1C/C(=C\c2cnn3c(NC4CC4)nc(-n4cnc5cc(C(=O)NCCN6CCOCC6)ccc54)nc23)C(=O)N1. The Labute approximate surface area is 233 Å². The number of morpholine rings is 1. The Balaban J connectivity index is 1.18. The van der Waals surface area contributed by atoms with Crippen LogP contribution in [0.1, 0.15) is 35.2 Å². The van der Waals surface area contributed by atoms with Crippen LogP contribution < -0.4 is 16.0 Å². The molecule has 4 aromatic rings. The highest BCUT2D eigenvalue weighted by molar-refractivity contribution is 6.15. The number of carbonyl (C=O) groups is 3. The number of benzene rings is 1. The smallest absolute Gasteiger partial charge is 0.254 e. The lowest BCUT2D eigenvalue weighted by Gasteiger charge is -2.26. The Hall–Kier alpha value is -4.69. The first-order valence-electron chi connectivity index (χ1n) is 13.6. The zero-order valence-electron chi connectivity index (χ0n) is 22.2. The van der Waals surface area contributed by atoms with Gasteiger partial charge in [-0.3, -0.25) is 29.2 Å². The Kier molecular flexibility index (Phi) is 6.40. The minimum Gasteiger partial charge on any atom is -0.379 e. The van der Waals surface area contributed by atoms with Crippen molar-refractivity contribution in [2.75, 3.05) is 44.7 Å². The molecule has 0 bridgehead atoms. The van der Waals surface area contributed by atoms with Crippen LogP contribution in [0.4, 0.5) is 5.95 Å². The summed E-state index contributed by atoms with van der Waals surface area (Å²) in [7, 11) is 0. The minimum atomic E-state index is -0.415. The van der Waals surface area contributed by atoms with Gasteiger partial charge in [-0.25, -0.2) is 4.98 Å². The second-order valence-electron chi connectivity index (χ2n) is 10.4. The van der Waals surface area contributed by atoms with Crippen LogP contribution in [0.5, 0.6) is 0 Å². The van der Waals surface area contributed by atoms with Crippen LogP contribution in [-0.4, -0.2) is 97.2 Å². The molecule has 5 heterocycles. The summed E-state index contributed by atoms with van der Waals surface area (Å²) in [6, 6.07) is 5.64. The number of imidazole rings is 1. The number of rotatable bonds is 8. The largest absolute Gasteiger partial charge is 0.379 e. The fourth-order valence-electron chi connectivity index (χ4n) is 4.97. The molecule has 7 rings (SSSR count). The quantitative estimate of drug-likeness (QED) is 0.206. The highest BCUT2D eigenvalue weighted by Gasteiger charge is 2.26. The molecule has 3 aliphatic rings. The molecule has 3 N–H and O–H groups in total. The molecule has 3 aromatic heterocycles. The van der Waals surface area contributed by atoms with Gasteiger partial charge in [-0.2, -0.15) is 19.6 Å². The standard InChI is InChI=1S/C27H28N10O4/c38-22-13-17(25(40)32-22)11-18-14-30-37-23(18)33-26(34-27(37)31-19-2-3-19)36-15-29-20-12-16(1-4-21(20)36)24(39)28-5-6-35-7-9-41-10-8-35/h1,4,11-12,14-15,19H,2-3,5-10,13H2,(H,28,39)(H,31,33,34)(H,32,38,40)/b17-11+. The average molecular weight is 557 g/mol. The van der Waals surface area contributed by atoms with Crippen molar-refractivity contribution in [3.05, 3.63) is 47.4 Å². The molecule has 0 atom stereocenters. The summed E-state index contributed by atoms with van der Waals surface area (Å²) in [5.41, 5.74) is 3.31. The van der Waals surface area contributed by atoms with Crippen LogP contribution in [0.2, 0.25) is 0 Å². The van der Waals surface area contributed by atoms with E-state index in [0.29, 0.717) is 52.3 Å². The van der Waals surface area contributed by atoms with Gasteiger partial charge in [-0.15, -0.1) is 0 Å². The normalized spacial score (nSPS) is 18.9. The Morgan fingerprint density at radius 2 is 2.02 bits per heavy atom. The number of fused-ring (bicyclic) bond motifs is 2. The molecule has 210 valence electrons. The molecule has 2 saturated heterocycles. The van der Waals surface area contributed by atoms with Crippen molar-refractivity contribution in [2.24, 2.45) is 0 Å². The summed E-state index contributed by atoms with van der Waals surface area (Å²) in [6.45, 7) is 4.52. The van der Waals surface area contributed by atoms with Crippen molar-refractivity contribution >= 4 is 46.4 Å². The van der Waals surface area contributed by atoms with Gasteiger partial charge in [0, 0.05) is 48.9 Å². The molecule has 41 heavy (non-hydrogen) atoms. The number of nitrogens with zero attached hydrogens (tertiary/aromatic N) is 7. The van der Waals surface area contributed by atoms with E-state index >= 15 is 0 Å². The Morgan fingerprint density at radius 1 is 1.17 bits per heavy atom. The zero-order valence-corrected chi connectivity index (χ0v) is 22.2. The van der Waals surface area contributed by atoms with Gasteiger partial charge in [0.05, 0.1) is 36.9 Å². The lowest BCUT2D eigenvalue weighted by atomic mass is 10.1. The first-order valence-corrected chi connectivity index (χ1v) is 13.6. The lowest BCUT2D eigenvalue weighted by Crippen LogP contribution is -2.41. The number of ether oxygens (including phenoxy) is 1. The molecule has 1 aromatic carbocycles. The van der Waals surface area contributed by atoms with Crippen LogP contribution in [-0.2, 0) is 14.3 Å². The number of carbonyl (C=O) groups excluding carboxylic acids is 3. The minimum absolute atomic E-state index is 0.0105. The molecule has 0 radical (unpaired) electrons. The zero-order chi connectivity index (χ0) is 27.9. The third kappa shape index (κ3) is 5.14. The van der Waals surface area contributed by atoms with Gasteiger partial charge in [0.15, 0.2) is 5.65 Å². The maximum atomic E-state index is 12.8. The number of aromatic nitrogens is 6. The number of imide groups is 1. The summed E-state index contributed by atoms with van der Waals surface area (Å²) >= 11 is 0. The number of amides is 3.